The van der Waals surface area contributed by atoms with Crippen molar-refractivity contribution in [3.05, 3.63) is 0 Å². The van der Waals surface area contributed by atoms with Crippen molar-refractivity contribution in [2.24, 2.45) is 29.6 Å². The molecule has 4 heterocycles. The van der Waals surface area contributed by atoms with E-state index in [1.165, 1.54) is 0 Å². The highest BCUT2D eigenvalue weighted by Gasteiger charge is 2.69. The van der Waals surface area contributed by atoms with Crippen molar-refractivity contribution < 1.29 is 48.3 Å². The number of fused-ring (bicyclic) bond motifs is 2. The molecule has 9 atom stereocenters. The van der Waals surface area contributed by atoms with E-state index >= 15 is 0 Å². The van der Waals surface area contributed by atoms with Gasteiger partial charge in [0.05, 0.1) is 6.42 Å². The first-order valence-corrected chi connectivity index (χ1v) is 14.0. The van der Waals surface area contributed by atoms with Crippen molar-refractivity contribution in [1.29, 1.82) is 0 Å². The summed E-state index contributed by atoms with van der Waals surface area (Å²) in [5.74, 6) is -3.31. The quantitative estimate of drug-likeness (QED) is 0.270. The van der Waals surface area contributed by atoms with Gasteiger partial charge in [-0.2, -0.15) is 0 Å². The summed E-state index contributed by atoms with van der Waals surface area (Å²) >= 11 is 0. The molecule has 0 unspecified atom stereocenters. The van der Waals surface area contributed by atoms with Crippen molar-refractivity contribution in [2.45, 2.75) is 110 Å². The van der Waals surface area contributed by atoms with E-state index in [0.717, 1.165) is 19.3 Å². The second kappa shape index (κ2) is 11.7. The molecule has 5 fully saturated rings. The topological polar surface area (TPSA) is 159 Å². The first-order valence-electron chi connectivity index (χ1n) is 14.0. The average molecular weight is 555 g/mol. The first kappa shape index (κ1) is 29.7. The summed E-state index contributed by atoms with van der Waals surface area (Å²) < 4.78 is 18.2. The number of amides is 2. The summed E-state index contributed by atoms with van der Waals surface area (Å²) in [6.07, 6.45) is 1.77. The largest absolute Gasteiger partial charge is 0.480 e. The molecule has 39 heavy (non-hydrogen) atoms. The molecule has 0 aromatic heterocycles. The lowest BCUT2D eigenvalue weighted by molar-refractivity contribution is -0.576. The van der Waals surface area contributed by atoms with Crippen LogP contribution in [0, 0.1) is 29.6 Å². The van der Waals surface area contributed by atoms with E-state index in [9.17, 15) is 19.2 Å². The van der Waals surface area contributed by atoms with Gasteiger partial charge in [0.25, 0.3) is 0 Å². The predicted molar refractivity (Wildman–Crippen MR) is 134 cm³/mol. The second-order valence-corrected chi connectivity index (χ2v) is 12.1. The molecule has 0 aromatic rings. The number of carboxylic acid groups (broad SMARTS) is 1. The maximum Gasteiger partial charge on any atom is 0.322 e. The van der Waals surface area contributed by atoms with Crippen LogP contribution in [-0.4, -0.2) is 65.4 Å². The second-order valence-electron chi connectivity index (χ2n) is 12.1. The molecule has 5 rings (SSSR count). The third kappa shape index (κ3) is 6.23. The van der Waals surface area contributed by atoms with Crippen LogP contribution in [0.15, 0.2) is 0 Å². The number of aliphatic carboxylic acids is 1. The molecular weight excluding hydrogens is 512 g/mol. The molecule has 0 radical (unpaired) electrons. The minimum Gasteiger partial charge on any atom is -0.480 e. The van der Waals surface area contributed by atoms with Crippen molar-refractivity contribution in [3.63, 3.8) is 0 Å². The van der Waals surface area contributed by atoms with Crippen molar-refractivity contribution >= 4 is 23.8 Å². The predicted octanol–water partition coefficient (Wildman–Crippen LogP) is 2.25. The van der Waals surface area contributed by atoms with Crippen molar-refractivity contribution in [2.75, 3.05) is 6.54 Å². The van der Waals surface area contributed by atoms with E-state index in [-0.39, 0.29) is 36.5 Å². The summed E-state index contributed by atoms with van der Waals surface area (Å²) in [7, 11) is 0. The Balaban J connectivity index is 1.35. The van der Waals surface area contributed by atoms with Crippen molar-refractivity contribution in [3.8, 4) is 0 Å². The van der Waals surface area contributed by atoms with Gasteiger partial charge in [-0.25, -0.2) is 9.78 Å². The Kier molecular flexibility index (Phi) is 8.89. The molecular formula is C27H42N2O10. The maximum absolute atomic E-state index is 12.8. The number of hydrogen-bond acceptors (Lipinski definition) is 9. The lowest BCUT2D eigenvalue weighted by Gasteiger charge is -2.59. The third-order valence-corrected chi connectivity index (χ3v) is 8.67. The summed E-state index contributed by atoms with van der Waals surface area (Å²) in [6.45, 7) is 9.24. The van der Waals surface area contributed by atoms with Crippen LogP contribution in [0.1, 0.15) is 79.6 Å². The lowest BCUT2D eigenvalue weighted by atomic mass is 9.58. The Morgan fingerprint density at radius 1 is 1.05 bits per heavy atom. The average Bonchev–Trinajstić information content (AvgIpc) is 3.09. The monoisotopic (exact) mass is 554 g/mol. The van der Waals surface area contributed by atoms with Gasteiger partial charge in [0, 0.05) is 24.7 Å². The Bertz CT molecular complexity index is 959. The Hall–Kier alpha value is -2.28. The molecule has 12 heteroatoms. The van der Waals surface area contributed by atoms with Gasteiger partial charge in [0.2, 0.25) is 23.9 Å². The van der Waals surface area contributed by atoms with E-state index < -0.39 is 60.3 Å². The number of esters is 1. The van der Waals surface area contributed by atoms with E-state index in [2.05, 4.69) is 17.6 Å². The molecule has 4 saturated heterocycles. The summed E-state index contributed by atoms with van der Waals surface area (Å²) in [6, 6.07) is -0.904. The summed E-state index contributed by atoms with van der Waals surface area (Å²) in [5, 5.41) is 13.7. The smallest absolute Gasteiger partial charge is 0.322 e. The highest BCUT2D eigenvalue weighted by molar-refractivity contribution is 5.90. The molecule has 3 N–H and O–H groups in total. The normalized spacial score (nSPS) is 37.8. The molecule has 4 aliphatic heterocycles. The van der Waals surface area contributed by atoms with Gasteiger partial charge in [-0.1, -0.05) is 27.7 Å². The Morgan fingerprint density at radius 3 is 2.49 bits per heavy atom. The van der Waals surface area contributed by atoms with Crippen LogP contribution in [0.25, 0.3) is 0 Å². The molecule has 12 nitrogen and oxygen atoms in total. The molecule has 0 aromatic carbocycles. The van der Waals surface area contributed by atoms with Gasteiger partial charge in [0.1, 0.15) is 12.6 Å². The van der Waals surface area contributed by atoms with Crippen LogP contribution in [0.5, 0.6) is 0 Å². The SMILES string of the molecule is CC(C)C[C@H](NC(=O)CCC(=O)O[C@@H]1O[C@H]2O[C@]3(C)CC[C@H]4[C@H](C)CC[C@H]([C@H]1C)[C@@]24OO3)C(=O)NCC(=O)O. The number of hydrogen-bond donors (Lipinski definition) is 3. The van der Waals surface area contributed by atoms with Crippen LogP contribution in [0.4, 0.5) is 0 Å². The number of ether oxygens (including phenoxy) is 3. The highest BCUT2D eigenvalue weighted by atomic mass is 17.3. The minimum atomic E-state index is -1.18. The fraction of sp³-hybridized carbons (Fsp3) is 0.852. The number of carboxylic acids is 1. The molecule has 2 amide bonds. The zero-order valence-corrected chi connectivity index (χ0v) is 23.4. The lowest BCUT2D eigenvalue weighted by Crippen LogP contribution is -2.70. The minimum absolute atomic E-state index is 0.00213. The van der Waals surface area contributed by atoms with Crippen LogP contribution >= 0.6 is 0 Å². The Morgan fingerprint density at radius 2 is 1.79 bits per heavy atom. The van der Waals surface area contributed by atoms with Gasteiger partial charge in [-0.05, 0) is 50.4 Å². The molecule has 5 aliphatic rings. The number of nitrogens with one attached hydrogen (secondary N) is 2. The summed E-state index contributed by atoms with van der Waals surface area (Å²) in [4.78, 5) is 60.4. The summed E-state index contributed by atoms with van der Waals surface area (Å²) in [5.41, 5.74) is -0.761. The van der Waals surface area contributed by atoms with E-state index in [1.54, 1.807) is 0 Å². The molecule has 1 aliphatic carbocycles. The van der Waals surface area contributed by atoms with Gasteiger partial charge >= 0.3 is 11.9 Å². The van der Waals surface area contributed by atoms with Crippen LogP contribution in [-0.2, 0) is 43.2 Å². The fourth-order valence-electron chi connectivity index (χ4n) is 6.67. The van der Waals surface area contributed by atoms with E-state index in [0.29, 0.717) is 18.8 Å². The zero-order valence-electron chi connectivity index (χ0n) is 23.4. The standard InChI is InChI=1S/C27H42N2O10/c1-14(2)12-19(23(34)28-13-21(31)32)29-20(30)8-9-22(33)35-24-16(4)18-7-6-15(3)17-10-11-26(5)37-25(36-24)27(17,18)39-38-26/h14-19,24-25H,6-13H2,1-5H3,(H,28,34)(H,29,30)(H,31,32)/t15-,16-,17+,18-,19+,24-,25+,26+,27-/m1/s1. The van der Waals surface area contributed by atoms with E-state index in [1.807, 2.05) is 27.7 Å². The fourth-order valence-corrected chi connectivity index (χ4v) is 6.67. The van der Waals surface area contributed by atoms with Gasteiger partial charge < -0.3 is 30.0 Å². The van der Waals surface area contributed by atoms with Crippen LogP contribution in [0.3, 0.4) is 0 Å². The third-order valence-electron chi connectivity index (χ3n) is 8.67. The zero-order chi connectivity index (χ0) is 28.5. The van der Waals surface area contributed by atoms with Gasteiger partial charge in [-0.15, -0.1) is 0 Å². The van der Waals surface area contributed by atoms with Crippen LogP contribution in [0.2, 0.25) is 0 Å². The van der Waals surface area contributed by atoms with Crippen LogP contribution < -0.4 is 10.6 Å². The maximum atomic E-state index is 12.8. The molecule has 2 bridgehead atoms. The molecule has 220 valence electrons. The first-order chi connectivity index (χ1) is 18.3. The number of carbonyl (C=O) groups is 4. The van der Waals surface area contributed by atoms with Crippen molar-refractivity contribution in [1.82, 2.24) is 10.6 Å². The van der Waals surface area contributed by atoms with E-state index in [4.69, 9.17) is 29.1 Å². The van der Waals surface area contributed by atoms with Gasteiger partial charge in [0.15, 0.2) is 11.9 Å². The number of rotatable bonds is 10. The molecule has 1 spiro atoms. The number of carbonyl (C=O) groups excluding carboxylic acids is 3. The Labute approximate surface area is 228 Å². The molecule has 1 saturated carbocycles. The van der Waals surface area contributed by atoms with Gasteiger partial charge in [-0.3, -0.25) is 19.2 Å². The highest BCUT2D eigenvalue weighted by Crippen LogP contribution is 2.60.